The molecule has 2 aromatic rings. The highest BCUT2D eigenvalue weighted by Crippen LogP contribution is 2.39. The standard InChI is InChI=1S/C26H30FN5O2/c1-3-15-29-25(31-18-28)32-21-11-13-26(14-12-21,19-7-6-8-20(27)16-19)17-30-24(33)22-9-4-5-10-23(22)34-2/h3-10,16,21H,1,11-15,17H2,2H3,(H,30,33)(H2,29,31,32). The van der Waals surface area contributed by atoms with Crippen LogP contribution in [-0.4, -0.2) is 38.1 Å². The molecule has 3 N–H and O–H groups in total. The monoisotopic (exact) mass is 463 g/mol. The van der Waals surface area contributed by atoms with Gasteiger partial charge >= 0.3 is 0 Å². The first-order chi connectivity index (χ1) is 16.5. The first-order valence-electron chi connectivity index (χ1n) is 11.3. The van der Waals surface area contributed by atoms with Crippen LogP contribution in [-0.2, 0) is 5.41 Å². The maximum Gasteiger partial charge on any atom is 0.255 e. The van der Waals surface area contributed by atoms with Gasteiger partial charge in [0, 0.05) is 18.0 Å². The highest BCUT2D eigenvalue weighted by atomic mass is 19.1. The molecule has 1 aliphatic carbocycles. The molecule has 0 aliphatic heterocycles. The van der Waals surface area contributed by atoms with Gasteiger partial charge < -0.3 is 15.4 Å². The molecule has 1 aliphatic rings. The normalized spacial score (nSPS) is 20.0. The van der Waals surface area contributed by atoms with Crippen molar-refractivity contribution in [2.75, 3.05) is 20.2 Å². The second kappa shape index (κ2) is 11.8. The number of hydrogen-bond donors (Lipinski definition) is 3. The van der Waals surface area contributed by atoms with Gasteiger partial charge in [-0.15, -0.1) is 6.58 Å². The SMILES string of the molecule is C=CCN=C(NC#N)NC1CCC(CNC(=O)c2ccccc2OC)(c2cccc(F)c2)CC1. The topological polar surface area (TPSA) is 98.5 Å². The van der Waals surface area contributed by atoms with E-state index in [0.29, 0.717) is 30.4 Å². The Labute approximate surface area is 199 Å². The van der Waals surface area contributed by atoms with Gasteiger partial charge in [-0.1, -0.05) is 30.3 Å². The van der Waals surface area contributed by atoms with Crippen molar-refractivity contribution in [1.29, 1.82) is 5.26 Å². The van der Waals surface area contributed by atoms with E-state index in [1.807, 2.05) is 18.3 Å². The number of amides is 1. The van der Waals surface area contributed by atoms with Crippen molar-refractivity contribution < 1.29 is 13.9 Å². The Balaban J connectivity index is 1.76. The maximum atomic E-state index is 14.1. The molecule has 0 saturated heterocycles. The van der Waals surface area contributed by atoms with Crippen LogP contribution in [0, 0.1) is 17.3 Å². The predicted octanol–water partition coefficient (Wildman–Crippen LogP) is 3.65. The fourth-order valence-corrected chi connectivity index (χ4v) is 4.40. The summed E-state index contributed by atoms with van der Waals surface area (Å²) in [5, 5.41) is 17.9. The zero-order valence-electron chi connectivity index (χ0n) is 19.3. The van der Waals surface area contributed by atoms with Gasteiger partial charge in [0.2, 0.25) is 5.96 Å². The number of ether oxygens (including phenoxy) is 1. The zero-order valence-corrected chi connectivity index (χ0v) is 19.3. The van der Waals surface area contributed by atoms with Crippen LogP contribution in [0.2, 0.25) is 0 Å². The van der Waals surface area contributed by atoms with Crippen molar-refractivity contribution in [3.63, 3.8) is 0 Å². The number of para-hydroxylation sites is 1. The fourth-order valence-electron chi connectivity index (χ4n) is 4.40. The van der Waals surface area contributed by atoms with Gasteiger partial charge in [-0.2, -0.15) is 5.26 Å². The predicted molar refractivity (Wildman–Crippen MR) is 130 cm³/mol. The highest BCUT2D eigenvalue weighted by molar-refractivity contribution is 5.97. The van der Waals surface area contributed by atoms with Gasteiger partial charge in [0.1, 0.15) is 11.6 Å². The van der Waals surface area contributed by atoms with Crippen molar-refractivity contribution in [2.24, 2.45) is 4.99 Å². The number of nitrogens with one attached hydrogen (secondary N) is 3. The molecule has 0 bridgehead atoms. The summed E-state index contributed by atoms with van der Waals surface area (Å²) >= 11 is 0. The largest absolute Gasteiger partial charge is 0.496 e. The lowest BCUT2D eigenvalue weighted by atomic mass is 9.68. The van der Waals surface area contributed by atoms with Gasteiger partial charge in [-0.25, -0.2) is 9.38 Å². The lowest BCUT2D eigenvalue weighted by Crippen LogP contribution is -2.49. The molecule has 1 amide bonds. The summed E-state index contributed by atoms with van der Waals surface area (Å²) in [5.41, 5.74) is 0.904. The average molecular weight is 464 g/mol. The number of carbonyl (C=O) groups is 1. The third-order valence-electron chi connectivity index (χ3n) is 6.21. The van der Waals surface area contributed by atoms with Crippen LogP contribution in [0.25, 0.3) is 0 Å². The van der Waals surface area contributed by atoms with Crippen LogP contribution in [0.3, 0.4) is 0 Å². The summed E-state index contributed by atoms with van der Waals surface area (Å²) in [6.45, 7) is 4.41. The van der Waals surface area contributed by atoms with E-state index in [4.69, 9.17) is 10.00 Å². The molecule has 0 unspecified atom stereocenters. The molecule has 1 fully saturated rings. The van der Waals surface area contributed by atoms with E-state index in [-0.39, 0.29) is 17.8 Å². The quantitative estimate of drug-likeness (QED) is 0.183. The summed E-state index contributed by atoms with van der Waals surface area (Å²) in [7, 11) is 1.53. The van der Waals surface area contributed by atoms with E-state index in [1.54, 1.807) is 36.4 Å². The summed E-state index contributed by atoms with van der Waals surface area (Å²) in [5.74, 6) is 0.384. The van der Waals surface area contributed by atoms with Gasteiger partial charge in [0.25, 0.3) is 5.91 Å². The van der Waals surface area contributed by atoms with Gasteiger partial charge in [0.05, 0.1) is 19.2 Å². The van der Waals surface area contributed by atoms with Crippen molar-refractivity contribution in [3.05, 3.63) is 78.1 Å². The maximum absolute atomic E-state index is 14.1. The van der Waals surface area contributed by atoms with Crippen molar-refractivity contribution >= 4 is 11.9 Å². The molecule has 0 spiro atoms. The third kappa shape index (κ3) is 6.13. The summed E-state index contributed by atoms with van der Waals surface area (Å²) in [4.78, 5) is 17.2. The Kier molecular flexibility index (Phi) is 8.63. The molecular formula is C26H30FN5O2. The number of methoxy groups -OCH3 is 1. The minimum Gasteiger partial charge on any atom is -0.496 e. The second-order valence-electron chi connectivity index (χ2n) is 8.31. The van der Waals surface area contributed by atoms with Gasteiger partial charge in [-0.05, 0) is 55.5 Å². The fraction of sp³-hybridized carbons (Fsp3) is 0.346. The molecule has 2 aromatic carbocycles. The minimum atomic E-state index is -0.418. The zero-order chi connectivity index (χ0) is 24.4. The number of benzene rings is 2. The first-order valence-corrected chi connectivity index (χ1v) is 11.3. The Hall–Kier alpha value is -3.86. The Bertz CT molecular complexity index is 1070. The number of hydrogen-bond acceptors (Lipinski definition) is 4. The van der Waals surface area contributed by atoms with E-state index in [0.717, 1.165) is 31.2 Å². The van der Waals surface area contributed by atoms with E-state index >= 15 is 0 Å². The molecule has 7 nitrogen and oxygen atoms in total. The number of rotatable bonds is 8. The number of carbonyl (C=O) groups excluding carboxylic acids is 1. The second-order valence-corrected chi connectivity index (χ2v) is 8.31. The molecule has 1 saturated carbocycles. The molecule has 0 atom stereocenters. The molecule has 8 heteroatoms. The highest BCUT2D eigenvalue weighted by Gasteiger charge is 2.38. The van der Waals surface area contributed by atoms with Crippen LogP contribution >= 0.6 is 0 Å². The molecule has 3 rings (SSSR count). The minimum absolute atomic E-state index is 0.0935. The Morgan fingerprint density at radius 3 is 2.74 bits per heavy atom. The van der Waals surface area contributed by atoms with E-state index < -0.39 is 5.41 Å². The van der Waals surface area contributed by atoms with Gasteiger partial charge in [0.15, 0.2) is 6.19 Å². The van der Waals surface area contributed by atoms with E-state index in [2.05, 4.69) is 27.5 Å². The van der Waals surface area contributed by atoms with Crippen LogP contribution in [0.1, 0.15) is 41.6 Å². The van der Waals surface area contributed by atoms with Crippen LogP contribution in [0.5, 0.6) is 5.75 Å². The summed E-state index contributed by atoms with van der Waals surface area (Å²) in [6.07, 6.45) is 6.53. The molecule has 0 aromatic heterocycles. The molecular weight excluding hydrogens is 433 g/mol. The lowest BCUT2D eigenvalue weighted by Gasteiger charge is -2.41. The summed E-state index contributed by atoms with van der Waals surface area (Å²) < 4.78 is 19.4. The van der Waals surface area contributed by atoms with Crippen molar-refractivity contribution in [3.8, 4) is 11.9 Å². The number of nitrogens with zero attached hydrogens (tertiary/aromatic N) is 2. The third-order valence-corrected chi connectivity index (χ3v) is 6.21. The molecule has 0 radical (unpaired) electrons. The lowest BCUT2D eigenvalue weighted by molar-refractivity contribution is 0.0932. The number of guanidine groups is 1. The molecule has 34 heavy (non-hydrogen) atoms. The molecule has 178 valence electrons. The van der Waals surface area contributed by atoms with Crippen LogP contribution in [0.15, 0.2) is 66.2 Å². The number of aliphatic imine (C=N–C) groups is 1. The van der Waals surface area contributed by atoms with Crippen molar-refractivity contribution in [2.45, 2.75) is 37.1 Å². The average Bonchev–Trinajstić information content (AvgIpc) is 2.87. The van der Waals surface area contributed by atoms with E-state index in [9.17, 15) is 9.18 Å². The smallest absolute Gasteiger partial charge is 0.255 e. The van der Waals surface area contributed by atoms with Crippen molar-refractivity contribution in [1.82, 2.24) is 16.0 Å². The Morgan fingerprint density at radius 2 is 2.06 bits per heavy atom. The van der Waals surface area contributed by atoms with E-state index in [1.165, 1.54) is 13.2 Å². The van der Waals surface area contributed by atoms with Crippen LogP contribution < -0.4 is 20.7 Å². The van der Waals surface area contributed by atoms with Gasteiger partial charge in [-0.3, -0.25) is 10.1 Å². The number of nitriles is 1. The Morgan fingerprint density at radius 1 is 1.29 bits per heavy atom. The first kappa shape index (κ1) is 24.8. The summed E-state index contributed by atoms with van der Waals surface area (Å²) in [6, 6.07) is 13.8. The molecule has 0 heterocycles. The number of halogens is 1. The van der Waals surface area contributed by atoms with Crippen LogP contribution in [0.4, 0.5) is 4.39 Å².